The molecule has 0 spiro atoms. The summed E-state index contributed by atoms with van der Waals surface area (Å²) in [5.41, 5.74) is 1.87. The Hall–Kier alpha value is -1.75. The van der Waals surface area contributed by atoms with Gasteiger partial charge >= 0.3 is 0 Å². The molecule has 0 atom stereocenters. The minimum atomic E-state index is -0.00671. The Kier molecular flexibility index (Phi) is 3.66. The van der Waals surface area contributed by atoms with Gasteiger partial charge in [-0.25, -0.2) is 0 Å². The van der Waals surface area contributed by atoms with Crippen LogP contribution in [0, 0.1) is 0 Å². The molecule has 4 nitrogen and oxygen atoms in total. The van der Waals surface area contributed by atoms with E-state index in [1.807, 2.05) is 30.1 Å². The van der Waals surface area contributed by atoms with Crippen LogP contribution in [0.4, 0.5) is 11.4 Å². The first-order valence-corrected chi connectivity index (χ1v) is 6.74. The molecule has 0 unspecified atom stereocenters. The van der Waals surface area contributed by atoms with E-state index in [0.29, 0.717) is 0 Å². The predicted molar refractivity (Wildman–Crippen MR) is 78.6 cm³/mol. The number of thioether (sulfide) groups is 1. The molecule has 0 saturated carbocycles. The molecule has 1 amide bonds. The number of hydrogen-bond donors (Lipinski definition) is 0. The molecule has 1 heterocycles. The van der Waals surface area contributed by atoms with E-state index in [9.17, 15) is 9.59 Å². The first-order valence-electron chi connectivity index (χ1n) is 5.92. The maximum absolute atomic E-state index is 11.4. The molecule has 0 radical (unpaired) electrons. The maximum Gasteiger partial charge on any atom is 0.223 e. The lowest BCUT2D eigenvalue weighted by Gasteiger charge is -2.18. The van der Waals surface area contributed by atoms with E-state index in [4.69, 9.17) is 0 Å². The molecule has 1 aromatic carbocycles. The summed E-state index contributed by atoms with van der Waals surface area (Å²) in [6.07, 6.45) is 1.62. The fourth-order valence-electron chi connectivity index (χ4n) is 1.84. The smallest absolute Gasteiger partial charge is 0.223 e. The van der Waals surface area contributed by atoms with Crippen LogP contribution in [0.25, 0.3) is 0 Å². The van der Waals surface area contributed by atoms with Crippen LogP contribution in [-0.2, 0) is 9.59 Å². The zero-order chi connectivity index (χ0) is 14.2. The Labute approximate surface area is 117 Å². The standard InChI is InChI=1S/C14H16N2O2S/c1-9(17)7-14-16(4)12-8-11(15(3)10(2)18)5-6-13(12)19-14/h5-8H,1-4H3. The molecule has 0 fully saturated rings. The molecule has 100 valence electrons. The van der Waals surface area contributed by atoms with Gasteiger partial charge in [-0.3, -0.25) is 9.59 Å². The summed E-state index contributed by atoms with van der Waals surface area (Å²) >= 11 is 1.56. The van der Waals surface area contributed by atoms with Crippen LogP contribution in [0.5, 0.6) is 0 Å². The zero-order valence-corrected chi connectivity index (χ0v) is 12.2. The largest absolute Gasteiger partial charge is 0.338 e. The van der Waals surface area contributed by atoms with Crippen LogP contribution < -0.4 is 9.80 Å². The van der Waals surface area contributed by atoms with Gasteiger partial charge < -0.3 is 9.80 Å². The molecule has 1 aliphatic rings. The molecule has 19 heavy (non-hydrogen) atoms. The summed E-state index contributed by atoms with van der Waals surface area (Å²) in [5, 5.41) is 0.908. The maximum atomic E-state index is 11.4. The predicted octanol–water partition coefficient (Wildman–Crippen LogP) is 2.64. The second-order valence-corrected chi connectivity index (χ2v) is 5.55. The van der Waals surface area contributed by atoms with Crippen LogP contribution in [0.15, 0.2) is 34.2 Å². The number of carbonyl (C=O) groups excluding carboxylic acids is 2. The van der Waals surface area contributed by atoms with Crippen molar-refractivity contribution in [1.82, 2.24) is 0 Å². The highest BCUT2D eigenvalue weighted by Crippen LogP contribution is 2.46. The van der Waals surface area contributed by atoms with Gasteiger partial charge in [-0.2, -0.15) is 0 Å². The Morgan fingerprint density at radius 1 is 1.32 bits per heavy atom. The lowest BCUT2D eigenvalue weighted by molar-refractivity contribution is -0.116. The number of ketones is 1. The van der Waals surface area contributed by atoms with Crippen LogP contribution in [0.1, 0.15) is 13.8 Å². The summed E-state index contributed by atoms with van der Waals surface area (Å²) in [4.78, 5) is 27.2. The van der Waals surface area contributed by atoms with Gasteiger partial charge in [-0.15, -0.1) is 0 Å². The van der Waals surface area contributed by atoms with Gasteiger partial charge in [0, 0.05) is 37.7 Å². The average Bonchev–Trinajstić information content (AvgIpc) is 2.64. The summed E-state index contributed by atoms with van der Waals surface area (Å²) < 4.78 is 0. The van der Waals surface area contributed by atoms with E-state index >= 15 is 0 Å². The molecule has 2 rings (SSSR count). The fourth-order valence-corrected chi connectivity index (χ4v) is 2.97. The number of anilines is 2. The minimum Gasteiger partial charge on any atom is -0.338 e. The van der Waals surface area contributed by atoms with Crippen molar-refractivity contribution in [1.29, 1.82) is 0 Å². The molecule has 1 aliphatic heterocycles. The lowest BCUT2D eigenvalue weighted by Crippen LogP contribution is -2.23. The summed E-state index contributed by atoms with van der Waals surface area (Å²) in [5.74, 6) is 0.0241. The molecular formula is C14H16N2O2S. The van der Waals surface area contributed by atoms with Gasteiger partial charge in [0.2, 0.25) is 5.91 Å². The van der Waals surface area contributed by atoms with Gasteiger partial charge in [-0.05, 0) is 25.1 Å². The van der Waals surface area contributed by atoms with E-state index in [-0.39, 0.29) is 11.7 Å². The van der Waals surface area contributed by atoms with E-state index < -0.39 is 0 Å². The van der Waals surface area contributed by atoms with E-state index in [1.165, 1.54) is 6.92 Å². The highest BCUT2D eigenvalue weighted by Gasteiger charge is 2.23. The Morgan fingerprint density at radius 2 is 2.00 bits per heavy atom. The summed E-state index contributed by atoms with van der Waals surface area (Å²) in [7, 11) is 3.67. The summed E-state index contributed by atoms with van der Waals surface area (Å²) in [6, 6.07) is 5.86. The highest BCUT2D eigenvalue weighted by molar-refractivity contribution is 8.03. The van der Waals surface area contributed by atoms with Gasteiger partial charge in [0.15, 0.2) is 5.78 Å². The molecule has 5 heteroatoms. The monoisotopic (exact) mass is 276 g/mol. The first-order chi connectivity index (χ1) is 8.90. The number of benzene rings is 1. The van der Waals surface area contributed by atoms with E-state index in [2.05, 4.69) is 0 Å². The number of amides is 1. The van der Waals surface area contributed by atoms with E-state index in [0.717, 1.165) is 21.3 Å². The molecule has 0 aliphatic carbocycles. The number of allylic oxidation sites excluding steroid dienone is 1. The van der Waals surface area contributed by atoms with Crippen LogP contribution in [-0.4, -0.2) is 25.8 Å². The Bertz CT molecular complexity index is 581. The van der Waals surface area contributed by atoms with Crippen molar-refractivity contribution in [2.45, 2.75) is 18.7 Å². The number of nitrogens with zero attached hydrogens (tertiary/aromatic N) is 2. The molecule has 0 N–H and O–H groups in total. The molecule has 0 bridgehead atoms. The van der Waals surface area contributed by atoms with Gasteiger partial charge in [0.05, 0.1) is 10.7 Å². The minimum absolute atomic E-state index is 0.00671. The highest BCUT2D eigenvalue weighted by atomic mass is 32.2. The summed E-state index contributed by atoms with van der Waals surface area (Å²) in [6.45, 7) is 3.08. The SMILES string of the molecule is CC(=O)C=C1Sc2ccc(N(C)C(C)=O)cc2N1C. The zero-order valence-electron chi connectivity index (χ0n) is 11.4. The number of fused-ring (bicyclic) bond motifs is 1. The van der Waals surface area contributed by atoms with Crippen molar-refractivity contribution in [3.63, 3.8) is 0 Å². The van der Waals surface area contributed by atoms with Crippen molar-refractivity contribution in [2.24, 2.45) is 0 Å². The molecular weight excluding hydrogens is 260 g/mol. The Balaban J connectivity index is 2.37. The first kappa shape index (κ1) is 13.7. The third-order valence-electron chi connectivity index (χ3n) is 3.04. The van der Waals surface area contributed by atoms with Crippen molar-refractivity contribution in [3.8, 4) is 0 Å². The second kappa shape index (κ2) is 5.09. The Morgan fingerprint density at radius 3 is 2.58 bits per heavy atom. The number of rotatable bonds is 2. The van der Waals surface area contributed by atoms with Crippen molar-refractivity contribution in [2.75, 3.05) is 23.9 Å². The topological polar surface area (TPSA) is 40.6 Å². The molecule has 0 saturated heterocycles. The van der Waals surface area contributed by atoms with Gasteiger partial charge in [0.25, 0.3) is 0 Å². The third kappa shape index (κ3) is 2.66. The quantitative estimate of drug-likeness (QED) is 0.779. The van der Waals surface area contributed by atoms with Gasteiger partial charge in [-0.1, -0.05) is 11.8 Å². The average molecular weight is 276 g/mol. The molecule has 0 aromatic heterocycles. The van der Waals surface area contributed by atoms with Crippen LogP contribution in [0.2, 0.25) is 0 Å². The number of carbonyl (C=O) groups is 2. The molecule has 1 aromatic rings. The number of hydrogen-bond acceptors (Lipinski definition) is 4. The normalized spacial score (nSPS) is 15.6. The van der Waals surface area contributed by atoms with Crippen LogP contribution >= 0.6 is 11.8 Å². The third-order valence-corrected chi connectivity index (χ3v) is 4.20. The lowest BCUT2D eigenvalue weighted by atomic mass is 10.2. The van der Waals surface area contributed by atoms with Crippen molar-refractivity contribution < 1.29 is 9.59 Å². The van der Waals surface area contributed by atoms with Crippen LogP contribution in [0.3, 0.4) is 0 Å². The fraction of sp³-hybridized carbons (Fsp3) is 0.286. The van der Waals surface area contributed by atoms with E-state index in [1.54, 1.807) is 36.7 Å². The second-order valence-electron chi connectivity index (χ2n) is 4.48. The van der Waals surface area contributed by atoms with Crippen molar-refractivity contribution in [3.05, 3.63) is 29.3 Å². The van der Waals surface area contributed by atoms with Crippen molar-refractivity contribution >= 4 is 34.8 Å². The van der Waals surface area contributed by atoms with Gasteiger partial charge in [0.1, 0.15) is 0 Å².